The summed E-state index contributed by atoms with van der Waals surface area (Å²) < 4.78 is 5.30. The predicted molar refractivity (Wildman–Crippen MR) is 130 cm³/mol. The number of amides is 2. The van der Waals surface area contributed by atoms with E-state index >= 15 is 0 Å². The Morgan fingerprint density at radius 3 is 2.33 bits per heavy atom. The van der Waals surface area contributed by atoms with Gasteiger partial charge >= 0.3 is 5.97 Å². The molecule has 0 spiro atoms. The van der Waals surface area contributed by atoms with Crippen molar-refractivity contribution in [1.82, 2.24) is 9.80 Å². The van der Waals surface area contributed by atoms with E-state index in [1.807, 2.05) is 6.07 Å². The summed E-state index contributed by atoms with van der Waals surface area (Å²) >= 11 is 1.01. The van der Waals surface area contributed by atoms with Crippen LogP contribution in [0.2, 0.25) is 0 Å². The number of carbonyl (C=O) groups is 3. The molecular weight excluding hydrogens is 440 g/mol. The molecule has 1 aliphatic heterocycles. The van der Waals surface area contributed by atoms with E-state index in [9.17, 15) is 14.4 Å². The van der Waals surface area contributed by atoms with Gasteiger partial charge in [-0.15, -0.1) is 11.3 Å². The number of piperazine rings is 1. The molecule has 33 heavy (non-hydrogen) atoms. The summed E-state index contributed by atoms with van der Waals surface area (Å²) in [7, 11) is 0. The summed E-state index contributed by atoms with van der Waals surface area (Å²) in [6.45, 7) is 11.6. The Morgan fingerprint density at radius 2 is 1.73 bits per heavy atom. The number of hydrogen-bond acceptors (Lipinski definition) is 7. The molecule has 0 saturated carbocycles. The van der Waals surface area contributed by atoms with E-state index < -0.39 is 11.9 Å². The molecule has 1 saturated heterocycles. The molecule has 1 fully saturated rings. The van der Waals surface area contributed by atoms with Crippen molar-refractivity contribution in [2.45, 2.75) is 40.3 Å². The maximum Gasteiger partial charge on any atom is 0.341 e. The fraction of sp³-hybridized carbons (Fsp3) is 0.458. The van der Waals surface area contributed by atoms with Crippen LogP contribution >= 0.6 is 11.3 Å². The number of nitrogens with two attached hydrogens (primary N) is 1. The van der Waals surface area contributed by atoms with Crippen LogP contribution in [0.1, 0.15) is 50.6 Å². The molecule has 0 aliphatic carbocycles. The number of ether oxygens (including phenoxy) is 1. The average Bonchev–Trinajstić information content (AvgIpc) is 3.06. The Morgan fingerprint density at radius 1 is 1.09 bits per heavy atom. The van der Waals surface area contributed by atoms with Crippen molar-refractivity contribution in [3.63, 3.8) is 0 Å². The Balaban J connectivity index is 1.60. The number of esters is 1. The van der Waals surface area contributed by atoms with Crippen molar-refractivity contribution in [2.24, 2.45) is 5.73 Å². The second-order valence-corrected chi connectivity index (χ2v) is 9.63. The lowest BCUT2D eigenvalue weighted by atomic mass is 10.1. The van der Waals surface area contributed by atoms with Crippen LogP contribution in [-0.2, 0) is 16.1 Å². The van der Waals surface area contributed by atoms with Gasteiger partial charge in [-0.25, -0.2) is 4.79 Å². The number of aryl methyl sites for hydroxylation is 1. The lowest BCUT2D eigenvalue weighted by Crippen LogP contribution is -2.48. The highest BCUT2D eigenvalue weighted by atomic mass is 32.1. The number of primary amides is 1. The number of thiophene rings is 1. The van der Waals surface area contributed by atoms with E-state index in [1.165, 1.54) is 11.1 Å². The highest BCUT2D eigenvalue weighted by Gasteiger charge is 2.27. The molecule has 0 atom stereocenters. The summed E-state index contributed by atoms with van der Waals surface area (Å²) in [6.07, 6.45) is -0.326. The zero-order valence-corrected chi connectivity index (χ0v) is 20.5. The fourth-order valence-corrected chi connectivity index (χ4v) is 4.92. The highest BCUT2D eigenvalue weighted by molar-refractivity contribution is 7.18. The Bertz CT molecular complexity index is 1030. The number of anilines is 1. The number of nitrogens with zero attached hydrogens (tertiary/aromatic N) is 2. The molecule has 0 radical (unpaired) electrons. The van der Waals surface area contributed by atoms with E-state index in [2.05, 4.69) is 40.2 Å². The minimum absolute atomic E-state index is 0.193. The second kappa shape index (κ2) is 10.9. The zero-order chi connectivity index (χ0) is 24.1. The number of nitrogens with one attached hydrogen (secondary N) is 1. The van der Waals surface area contributed by atoms with E-state index in [-0.39, 0.29) is 29.0 Å². The van der Waals surface area contributed by atoms with Crippen LogP contribution in [0.3, 0.4) is 0 Å². The van der Waals surface area contributed by atoms with Crippen molar-refractivity contribution >= 4 is 34.1 Å². The molecule has 3 N–H and O–H groups in total. The normalized spacial score (nSPS) is 14.9. The van der Waals surface area contributed by atoms with Gasteiger partial charge in [-0.3, -0.25) is 19.4 Å². The number of carbonyl (C=O) groups excluding carboxylic acids is 3. The number of rotatable bonds is 8. The molecular formula is C24H32N4O4S. The van der Waals surface area contributed by atoms with Crippen molar-refractivity contribution in [2.75, 3.05) is 38.0 Å². The quantitative estimate of drug-likeness (QED) is 0.573. The van der Waals surface area contributed by atoms with Gasteiger partial charge in [0, 0.05) is 32.7 Å². The third-order valence-electron chi connectivity index (χ3n) is 5.66. The first-order valence-electron chi connectivity index (χ1n) is 11.1. The predicted octanol–water partition coefficient (Wildman–Crippen LogP) is 2.79. The Kier molecular flexibility index (Phi) is 8.23. The molecule has 0 unspecified atom stereocenters. The van der Waals surface area contributed by atoms with Crippen LogP contribution < -0.4 is 11.1 Å². The van der Waals surface area contributed by atoms with Crippen molar-refractivity contribution in [3.8, 4) is 0 Å². The molecule has 0 bridgehead atoms. The maximum absolute atomic E-state index is 12.8. The van der Waals surface area contributed by atoms with Gasteiger partial charge in [0.25, 0.3) is 5.91 Å². The minimum atomic E-state index is -0.638. The topological polar surface area (TPSA) is 105 Å². The van der Waals surface area contributed by atoms with Crippen molar-refractivity contribution in [1.29, 1.82) is 0 Å². The van der Waals surface area contributed by atoms with Gasteiger partial charge in [-0.2, -0.15) is 0 Å². The molecule has 9 heteroatoms. The highest BCUT2D eigenvalue weighted by Crippen LogP contribution is 2.33. The van der Waals surface area contributed by atoms with Gasteiger partial charge in [0.1, 0.15) is 5.00 Å². The van der Waals surface area contributed by atoms with Gasteiger partial charge < -0.3 is 15.8 Å². The molecule has 8 nitrogen and oxygen atoms in total. The third-order valence-corrected chi connectivity index (χ3v) is 6.88. The minimum Gasteiger partial charge on any atom is -0.459 e. The van der Waals surface area contributed by atoms with E-state index in [1.54, 1.807) is 20.8 Å². The van der Waals surface area contributed by atoms with Crippen molar-refractivity contribution in [3.05, 3.63) is 51.4 Å². The van der Waals surface area contributed by atoms with Gasteiger partial charge in [-0.05, 0) is 44.4 Å². The Hall–Kier alpha value is -2.75. The Labute approximate surface area is 198 Å². The molecule has 178 valence electrons. The summed E-state index contributed by atoms with van der Waals surface area (Å²) in [4.78, 5) is 41.8. The lowest BCUT2D eigenvalue weighted by molar-refractivity contribution is -0.117. The molecule has 1 aromatic carbocycles. The standard InChI is InChI=1S/C24H32N4O4S/c1-15(2)32-24(31)20-17(4)21(22(25)30)33-23(20)26-19(29)14-28-11-9-27(10-12-28)13-18-8-6-5-7-16(18)3/h5-8,15H,9-14H2,1-4H3,(H2,25,30)(H,26,29). The van der Waals surface area contributed by atoms with Crippen LogP contribution in [0.5, 0.6) is 0 Å². The van der Waals surface area contributed by atoms with Gasteiger partial charge in [0.05, 0.1) is 23.1 Å². The lowest BCUT2D eigenvalue weighted by Gasteiger charge is -2.34. The van der Waals surface area contributed by atoms with Crippen LogP contribution in [0.15, 0.2) is 24.3 Å². The first-order chi connectivity index (χ1) is 15.7. The first kappa shape index (κ1) is 24.9. The smallest absolute Gasteiger partial charge is 0.341 e. The number of hydrogen-bond donors (Lipinski definition) is 2. The van der Waals surface area contributed by atoms with Crippen LogP contribution in [-0.4, -0.2) is 66.4 Å². The molecule has 2 amide bonds. The summed E-state index contributed by atoms with van der Waals surface area (Å²) in [5.74, 6) is -1.45. The summed E-state index contributed by atoms with van der Waals surface area (Å²) in [5.41, 5.74) is 8.68. The zero-order valence-electron chi connectivity index (χ0n) is 19.6. The summed E-state index contributed by atoms with van der Waals surface area (Å²) in [5, 5.41) is 3.10. The SMILES string of the molecule is Cc1ccccc1CN1CCN(CC(=O)Nc2sc(C(N)=O)c(C)c2C(=O)OC(C)C)CC1. The van der Waals surface area contributed by atoms with Gasteiger partial charge in [0.15, 0.2) is 0 Å². The molecule has 2 heterocycles. The summed E-state index contributed by atoms with van der Waals surface area (Å²) in [6, 6.07) is 8.38. The van der Waals surface area contributed by atoms with Crippen LogP contribution in [0.25, 0.3) is 0 Å². The average molecular weight is 473 g/mol. The van der Waals surface area contributed by atoms with Crippen LogP contribution in [0, 0.1) is 13.8 Å². The second-order valence-electron chi connectivity index (χ2n) is 8.61. The molecule has 1 aliphatic rings. The number of benzene rings is 1. The largest absolute Gasteiger partial charge is 0.459 e. The van der Waals surface area contributed by atoms with E-state index in [0.29, 0.717) is 10.6 Å². The molecule has 1 aromatic heterocycles. The fourth-order valence-electron chi connectivity index (χ4n) is 3.86. The first-order valence-corrected chi connectivity index (χ1v) is 11.9. The molecule has 3 rings (SSSR count). The monoisotopic (exact) mass is 472 g/mol. The van der Waals surface area contributed by atoms with E-state index in [4.69, 9.17) is 10.5 Å². The third kappa shape index (κ3) is 6.40. The molecule has 2 aromatic rings. The maximum atomic E-state index is 12.8. The van der Waals surface area contributed by atoms with Gasteiger partial charge in [-0.1, -0.05) is 24.3 Å². The van der Waals surface area contributed by atoms with Crippen molar-refractivity contribution < 1.29 is 19.1 Å². The van der Waals surface area contributed by atoms with E-state index in [0.717, 1.165) is 44.1 Å². The van der Waals surface area contributed by atoms with Gasteiger partial charge in [0.2, 0.25) is 5.91 Å². The van der Waals surface area contributed by atoms with Crippen LogP contribution in [0.4, 0.5) is 5.00 Å².